The number of hydrogen-bond donors (Lipinski definition) is 1. The molecule has 1 aliphatic heterocycles. The van der Waals surface area contributed by atoms with Crippen LogP contribution in [0, 0.1) is 6.92 Å². The summed E-state index contributed by atoms with van der Waals surface area (Å²) in [6, 6.07) is 10.9. The largest absolute Gasteiger partial charge is 0.479 e. The summed E-state index contributed by atoms with van der Waals surface area (Å²) in [4.78, 5) is 32.9. The van der Waals surface area contributed by atoms with Gasteiger partial charge < -0.3 is 14.8 Å². The van der Waals surface area contributed by atoms with Gasteiger partial charge in [0.05, 0.1) is 23.0 Å². The highest BCUT2D eigenvalue weighted by Crippen LogP contribution is 2.39. The molecule has 2 heterocycles. The molecule has 0 saturated heterocycles. The van der Waals surface area contributed by atoms with Crippen molar-refractivity contribution >= 4 is 34.5 Å². The van der Waals surface area contributed by atoms with E-state index in [2.05, 4.69) is 12.2 Å². The quantitative estimate of drug-likeness (QED) is 0.477. The van der Waals surface area contributed by atoms with Crippen LogP contribution in [0.25, 0.3) is 11.3 Å². The monoisotopic (exact) mass is 493 g/mol. The van der Waals surface area contributed by atoms with Crippen LogP contribution < -0.4 is 15.0 Å². The molecule has 1 aliphatic rings. The fraction of sp³-hybridized carbons (Fsp3) is 0.370. The number of nitrogens with one attached hydrogen (secondary N) is 1. The number of thiazole rings is 1. The van der Waals surface area contributed by atoms with Crippen LogP contribution in [0.4, 0.5) is 11.4 Å². The first-order chi connectivity index (χ1) is 16.8. The van der Waals surface area contributed by atoms with Gasteiger partial charge in [0, 0.05) is 30.2 Å². The zero-order valence-corrected chi connectivity index (χ0v) is 21.6. The third kappa shape index (κ3) is 5.09. The number of para-hydroxylation sites is 1. The minimum atomic E-state index is -0.736. The number of ether oxygens (including phenoxy) is 2. The van der Waals surface area contributed by atoms with Crippen molar-refractivity contribution in [1.82, 2.24) is 4.98 Å². The van der Waals surface area contributed by atoms with Gasteiger partial charge in [-0.05, 0) is 56.5 Å². The predicted octanol–water partition coefficient (Wildman–Crippen LogP) is 5.01. The number of anilines is 2. The van der Waals surface area contributed by atoms with Gasteiger partial charge in [-0.1, -0.05) is 25.1 Å². The van der Waals surface area contributed by atoms with Gasteiger partial charge in [0.1, 0.15) is 11.8 Å². The van der Waals surface area contributed by atoms with Crippen molar-refractivity contribution in [3.63, 3.8) is 0 Å². The molecule has 2 unspecified atom stereocenters. The molecule has 1 N–H and O–H groups in total. The average Bonchev–Trinajstić information content (AvgIpc) is 3.33. The van der Waals surface area contributed by atoms with Crippen molar-refractivity contribution < 1.29 is 19.1 Å². The highest BCUT2D eigenvalue weighted by atomic mass is 32.1. The predicted molar refractivity (Wildman–Crippen MR) is 139 cm³/mol. The van der Waals surface area contributed by atoms with E-state index in [1.807, 2.05) is 48.7 Å². The number of amides is 2. The van der Waals surface area contributed by atoms with Crippen molar-refractivity contribution in [2.45, 2.75) is 52.7 Å². The molecular weight excluding hydrogens is 462 g/mol. The van der Waals surface area contributed by atoms with Gasteiger partial charge in [-0.15, -0.1) is 11.3 Å². The molecule has 0 aliphatic carbocycles. The van der Waals surface area contributed by atoms with Crippen LogP contribution in [0.3, 0.4) is 0 Å². The summed E-state index contributed by atoms with van der Waals surface area (Å²) in [7, 11) is 1.67. The van der Waals surface area contributed by atoms with Crippen LogP contribution >= 0.6 is 11.3 Å². The maximum Gasteiger partial charge on any atom is 0.268 e. The Morgan fingerprint density at radius 1 is 1.31 bits per heavy atom. The minimum Gasteiger partial charge on any atom is -0.479 e. The summed E-state index contributed by atoms with van der Waals surface area (Å²) in [6.45, 7) is 8.08. The van der Waals surface area contributed by atoms with Crippen molar-refractivity contribution in [3.05, 3.63) is 57.9 Å². The molecule has 2 aromatic carbocycles. The lowest BCUT2D eigenvalue weighted by Gasteiger charge is -2.36. The van der Waals surface area contributed by atoms with Gasteiger partial charge in [0.2, 0.25) is 5.91 Å². The minimum absolute atomic E-state index is 0.247. The second-order valence-electron chi connectivity index (χ2n) is 8.65. The maximum absolute atomic E-state index is 13.4. The molecule has 8 heteroatoms. The number of rotatable bonds is 8. The fourth-order valence-electron chi connectivity index (χ4n) is 4.21. The number of carbonyl (C=O) groups excluding carboxylic acids is 2. The number of aromatic nitrogens is 1. The lowest BCUT2D eigenvalue weighted by Crippen LogP contribution is -2.52. The van der Waals surface area contributed by atoms with Crippen LogP contribution in [0.1, 0.15) is 36.9 Å². The second-order valence-corrected chi connectivity index (χ2v) is 9.59. The number of fused-ring (bicyclic) bond motifs is 1. The lowest BCUT2D eigenvalue weighted by atomic mass is 10.0. The Hall–Kier alpha value is -3.23. The van der Waals surface area contributed by atoms with E-state index >= 15 is 0 Å². The first-order valence-electron chi connectivity index (χ1n) is 11.8. The van der Waals surface area contributed by atoms with E-state index < -0.39 is 12.1 Å². The van der Waals surface area contributed by atoms with E-state index in [0.717, 1.165) is 45.9 Å². The highest BCUT2D eigenvalue weighted by molar-refractivity contribution is 7.09. The first kappa shape index (κ1) is 24.9. The van der Waals surface area contributed by atoms with E-state index in [9.17, 15) is 9.59 Å². The lowest BCUT2D eigenvalue weighted by molar-refractivity contribution is -0.128. The number of carbonyl (C=O) groups is 2. The molecule has 0 fully saturated rings. The molecule has 1 aromatic heterocycles. The summed E-state index contributed by atoms with van der Waals surface area (Å²) in [5.74, 6) is 0.0700. The Bertz CT molecular complexity index is 1240. The van der Waals surface area contributed by atoms with E-state index in [4.69, 9.17) is 14.5 Å². The second kappa shape index (κ2) is 10.6. The summed E-state index contributed by atoms with van der Waals surface area (Å²) in [6.07, 6.45) is 0.853. The highest BCUT2D eigenvalue weighted by Gasteiger charge is 2.37. The van der Waals surface area contributed by atoms with E-state index in [1.165, 1.54) is 0 Å². The fourth-order valence-corrected chi connectivity index (χ4v) is 5.00. The Morgan fingerprint density at radius 2 is 2.11 bits per heavy atom. The van der Waals surface area contributed by atoms with Crippen LogP contribution in [-0.4, -0.2) is 42.7 Å². The van der Waals surface area contributed by atoms with Crippen molar-refractivity contribution in [3.8, 4) is 17.0 Å². The molecule has 7 nitrogen and oxygen atoms in total. The van der Waals surface area contributed by atoms with Crippen LogP contribution in [0.5, 0.6) is 5.75 Å². The summed E-state index contributed by atoms with van der Waals surface area (Å²) < 4.78 is 11.0. The normalized spacial score (nSPS) is 16.0. The smallest absolute Gasteiger partial charge is 0.268 e. The van der Waals surface area contributed by atoms with Crippen molar-refractivity contribution in [1.29, 1.82) is 0 Å². The molecule has 0 spiro atoms. The average molecular weight is 494 g/mol. The van der Waals surface area contributed by atoms with Crippen LogP contribution in [-0.2, 0) is 27.2 Å². The maximum atomic E-state index is 13.4. The van der Waals surface area contributed by atoms with Crippen LogP contribution in [0.2, 0.25) is 0 Å². The third-order valence-electron chi connectivity index (χ3n) is 6.23. The SMILES string of the molecule is CCc1cccc(C)c1NC(=O)C(C)N1C(=O)C(C)Oc2ccc(-c3csc(CCOC)n3)cc21. The number of methoxy groups -OCH3 is 1. The molecule has 4 rings (SSSR count). The summed E-state index contributed by atoms with van der Waals surface area (Å²) in [5.41, 5.74) is 5.10. The van der Waals surface area contributed by atoms with Gasteiger partial charge >= 0.3 is 0 Å². The van der Waals surface area contributed by atoms with Gasteiger partial charge in [-0.3, -0.25) is 14.5 Å². The van der Waals surface area contributed by atoms with Gasteiger partial charge in [0.15, 0.2) is 6.10 Å². The van der Waals surface area contributed by atoms with Crippen LogP contribution in [0.15, 0.2) is 41.8 Å². The molecule has 3 aromatic rings. The molecule has 2 amide bonds. The van der Waals surface area contributed by atoms with Gasteiger partial charge in [-0.2, -0.15) is 0 Å². The summed E-state index contributed by atoms with van der Waals surface area (Å²) in [5, 5.41) is 6.04. The molecule has 0 saturated carbocycles. The molecule has 0 bridgehead atoms. The number of aryl methyl sites for hydroxylation is 2. The molecule has 0 radical (unpaired) electrons. The Morgan fingerprint density at radius 3 is 2.86 bits per heavy atom. The Labute approximate surface area is 210 Å². The van der Waals surface area contributed by atoms with Crippen molar-refractivity contribution in [2.75, 3.05) is 23.9 Å². The van der Waals surface area contributed by atoms with Gasteiger partial charge in [0.25, 0.3) is 5.91 Å². The summed E-state index contributed by atoms with van der Waals surface area (Å²) >= 11 is 1.57. The van der Waals surface area contributed by atoms with Crippen molar-refractivity contribution in [2.24, 2.45) is 0 Å². The van der Waals surface area contributed by atoms with E-state index in [-0.39, 0.29) is 11.8 Å². The first-order valence-corrected chi connectivity index (χ1v) is 12.7. The number of nitrogens with zero attached hydrogens (tertiary/aromatic N) is 2. The Kier molecular flexibility index (Phi) is 7.52. The van der Waals surface area contributed by atoms with Gasteiger partial charge in [-0.25, -0.2) is 4.98 Å². The van der Waals surface area contributed by atoms with E-state index in [1.54, 1.807) is 37.2 Å². The molecule has 184 valence electrons. The van der Waals surface area contributed by atoms with E-state index in [0.29, 0.717) is 18.0 Å². The molecule has 2 atom stereocenters. The zero-order chi connectivity index (χ0) is 25.1. The Balaban J connectivity index is 1.65. The number of hydrogen-bond acceptors (Lipinski definition) is 6. The molecular formula is C27H31N3O4S. The number of benzene rings is 2. The third-order valence-corrected chi connectivity index (χ3v) is 7.14. The topological polar surface area (TPSA) is 80.8 Å². The standard InChI is InChI=1S/C27H31N3O4S/c1-6-19-9-7-8-16(2)25(19)29-26(31)17(3)30-22-14-20(10-11-23(22)34-18(4)27(30)32)21-15-35-24(28-21)12-13-33-5/h7-11,14-15,17-18H,6,12-13H2,1-5H3,(H,29,31). The zero-order valence-electron chi connectivity index (χ0n) is 20.8. The molecule has 35 heavy (non-hydrogen) atoms.